The van der Waals surface area contributed by atoms with Crippen molar-refractivity contribution in [2.24, 2.45) is 5.73 Å². The van der Waals surface area contributed by atoms with Gasteiger partial charge in [0, 0.05) is 19.4 Å². The van der Waals surface area contributed by atoms with Gasteiger partial charge in [0.1, 0.15) is 6.61 Å². The van der Waals surface area contributed by atoms with E-state index in [0.717, 1.165) is 51.4 Å². The molecule has 0 bridgehead atoms. The first-order valence-corrected chi connectivity index (χ1v) is 30.8. The summed E-state index contributed by atoms with van der Waals surface area (Å²) in [6.07, 6.45) is 64.0. The van der Waals surface area contributed by atoms with Crippen molar-refractivity contribution in [3.05, 3.63) is 24.3 Å². The van der Waals surface area contributed by atoms with Crippen LogP contribution in [0.4, 0.5) is 0 Å². The number of ether oxygens (including phenoxy) is 2. The number of unbranched alkanes of at least 4 members (excludes halogenated alkanes) is 39. The molecule has 0 amide bonds. The topological polar surface area (TPSA) is 134 Å². The molecule has 0 fully saturated rings. The maximum absolute atomic E-state index is 12.7. The van der Waals surface area contributed by atoms with E-state index in [9.17, 15) is 19.0 Å². The van der Waals surface area contributed by atoms with Gasteiger partial charge in [-0.3, -0.25) is 18.6 Å². The zero-order valence-electron chi connectivity index (χ0n) is 44.9. The Kier molecular flexibility index (Phi) is 53.6. The van der Waals surface area contributed by atoms with Crippen LogP contribution in [0.25, 0.3) is 0 Å². The van der Waals surface area contributed by atoms with Crippen molar-refractivity contribution in [2.45, 2.75) is 309 Å². The molecule has 9 nitrogen and oxygen atoms in total. The van der Waals surface area contributed by atoms with Gasteiger partial charge in [0.05, 0.1) is 13.2 Å². The van der Waals surface area contributed by atoms with E-state index in [1.54, 1.807) is 0 Å². The summed E-state index contributed by atoms with van der Waals surface area (Å²) in [4.78, 5) is 35.1. The summed E-state index contributed by atoms with van der Waals surface area (Å²) in [5.74, 6) is -0.823. The number of carbonyl (C=O) groups is 2. The third kappa shape index (κ3) is 53.8. The maximum Gasteiger partial charge on any atom is 0.472 e. The highest BCUT2D eigenvalue weighted by atomic mass is 31.2. The number of carbonyl (C=O) groups excluding carboxylic acids is 2. The highest BCUT2D eigenvalue weighted by Gasteiger charge is 2.26. The molecule has 0 aromatic heterocycles. The molecule has 0 heterocycles. The fraction of sp³-hybridized carbons (Fsp3) is 0.897. The molecule has 68 heavy (non-hydrogen) atoms. The van der Waals surface area contributed by atoms with Crippen LogP contribution < -0.4 is 5.73 Å². The van der Waals surface area contributed by atoms with Crippen LogP contribution in [0.15, 0.2) is 24.3 Å². The molecule has 2 unspecified atom stereocenters. The molecular weight excluding hydrogens is 870 g/mol. The predicted octanol–water partition coefficient (Wildman–Crippen LogP) is 18.2. The van der Waals surface area contributed by atoms with E-state index < -0.39 is 26.5 Å². The molecule has 0 rings (SSSR count). The van der Waals surface area contributed by atoms with E-state index >= 15 is 0 Å². The fourth-order valence-corrected chi connectivity index (χ4v) is 9.45. The summed E-state index contributed by atoms with van der Waals surface area (Å²) in [7, 11) is -4.38. The van der Waals surface area contributed by atoms with Gasteiger partial charge >= 0.3 is 19.8 Å². The van der Waals surface area contributed by atoms with Crippen molar-refractivity contribution >= 4 is 19.8 Å². The molecule has 0 saturated heterocycles. The Morgan fingerprint density at radius 1 is 0.426 bits per heavy atom. The molecule has 0 aromatic rings. The van der Waals surface area contributed by atoms with Crippen molar-refractivity contribution in [1.29, 1.82) is 0 Å². The van der Waals surface area contributed by atoms with Gasteiger partial charge in [0.15, 0.2) is 6.10 Å². The lowest BCUT2D eigenvalue weighted by atomic mass is 10.0. The monoisotopic (exact) mass is 982 g/mol. The van der Waals surface area contributed by atoms with Crippen LogP contribution in [-0.4, -0.2) is 49.3 Å². The lowest BCUT2D eigenvalue weighted by molar-refractivity contribution is -0.161. The minimum absolute atomic E-state index is 0.0546. The first-order valence-electron chi connectivity index (χ1n) is 29.3. The van der Waals surface area contributed by atoms with Gasteiger partial charge in [-0.05, 0) is 64.2 Å². The Hall–Kier alpha value is -1.51. The zero-order valence-corrected chi connectivity index (χ0v) is 45.8. The molecule has 0 spiro atoms. The first-order chi connectivity index (χ1) is 33.3. The maximum atomic E-state index is 12.7. The second kappa shape index (κ2) is 54.8. The summed E-state index contributed by atoms with van der Waals surface area (Å²) >= 11 is 0. The van der Waals surface area contributed by atoms with E-state index in [4.69, 9.17) is 24.3 Å². The van der Waals surface area contributed by atoms with E-state index in [2.05, 4.69) is 38.2 Å². The number of esters is 2. The average molecular weight is 983 g/mol. The van der Waals surface area contributed by atoms with E-state index in [1.165, 1.54) is 218 Å². The smallest absolute Gasteiger partial charge is 0.462 e. The number of nitrogens with two attached hydrogens (primary N) is 1. The summed E-state index contributed by atoms with van der Waals surface area (Å²) < 4.78 is 33.0. The highest BCUT2D eigenvalue weighted by Crippen LogP contribution is 2.43. The highest BCUT2D eigenvalue weighted by molar-refractivity contribution is 7.47. The number of rotatable bonds is 56. The van der Waals surface area contributed by atoms with Crippen molar-refractivity contribution < 1.29 is 37.6 Å². The van der Waals surface area contributed by atoms with Crippen LogP contribution >= 0.6 is 7.82 Å². The second-order valence-corrected chi connectivity index (χ2v) is 21.3. The van der Waals surface area contributed by atoms with Crippen LogP contribution in [0, 0.1) is 0 Å². The van der Waals surface area contributed by atoms with Crippen molar-refractivity contribution in [2.75, 3.05) is 26.4 Å². The van der Waals surface area contributed by atoms with Gasteiger partial charge in [-0.2, -0.15) is 0 Å². The van der Waals surface area contributed by atoms with Gasteiger partial charge in [-0.25, -0.2) is 4.57 Å². The third-order valence-corrected chi connectivity index (χ3v) is 14.0. The Balaban J connectivity index is 3.82. The lowest BCUT2D eigenvalue weighted by Crippen LogP contribution is -2.29. The molecule has 0 aliphatic rings. The fourth-order valence-electron chi connectivity index (χ4n) is 8.69. The normalized spacial score (nSPS) is 13.2. The number of phosphoric acid groups is 1. The minimum atomic E-state index is -4.38. The molecule has 0 saturated carbocycles. The van der Waals surface area contributed by atoms with Crippen LogP contribution in [-0.2, 0) is 32.7 Å². The number of hydrogen-bond donors (Lipinski definition) is 2. The second-order valence-electron chi connectivity index (χ2n) is 19.9. The number of allylic oxidation sites excluding steroid dienone is 4. The molecular formula is C58H112NO8P. The Morgan fingerprint density at radius 2 is 0.721 bits per heavy atom. The Labute approximate surface area is 421 Å². The molecule has 0 radical (unpaired) electrons. The third-order valence-electron chi connectivity index (χ3n) is 13.1. The molecule has 402 valence electrons. The van der Waals surface area contributed by atoms with Crippen LogP contribution in [0.1, 0.15) is 303 Å². The predicted molar refractivity (Wildman–Crippen MR) is 289 cm³/mol. The van der Waals surface area contributed by atoms with Gasteiger partial charge in [-0.15, -0.1) is 0 Å². The van der Waals surface area contributed by atoms with E-state index in [0.29, 0.717) is 6.42 Å². The summed E-state index contributed by atoms with van der Waals surface area (Å²) in [6, 6.07) is 0. The van der Waals surface area contributed by atoms with E-state index in [1.807, 2.05) is 0 Å². The molecule has 0 aromatic carbocycles. The van der Waals surface area contributed by atoms with Gasteiger partial charge in [-0.1, -0.05) is 250 Å². The minimum Gasteiger partial charge on any atom is -0.462 e. The van der Waals surface area contributed by atoms with Gasteiger partial charge < -0.3 is 20.1 Å². The standard InChI is InChI=1S/C58H112NO8P/c1-3-5-7-9-11-13-15-17-19-20-21-22-23-24-25-26-27-28-29-30-31-32-33-34-35-36-37-39-41-43-45-47-49-51-58(61)67-56(55-66-68(62,63)65-53-52-59)54-64-57(60)50-48-46-44-42-40-38-18-16-14-12-10-8-6-4-2/h16,18,20-21,56H,3-15,17,19,22-55,59H2,1-2H3,(H,62,63)/b18-16-,21-20-. The summed E-state index contributed by atoms with van der Waals surface area (Å²) in [6.45, 7) is 3.76. The van der Waals surface area contributed by atoms with E-state index in [-0.39, 0.29) is 38.6 Å². The number of hydrogen-bond acceptors (Lipinski definition) is 8. The van der Waals surface area contributed by atoms with Crippen molar-refractivity contribution in [1.82, 2.24) is 0 Å². The quantitative estimate of drug-likeness (QED) is 0.0264. The lowest BCUT2D eigenvalue weighted by Gasteiger charge is -2.19. The number of phosphoric ester groups is 1. The average Bonchev–Trinajstić information content (AvgIpc) is 3.33. The molecule has 2 atom stereocenters. The van der Waals surface area contributed by atoms with Crippen molar-refractivity contribution in [3.63, 3.8) is 0 Å². The molecule has 10 heteroatoms. The van der Waals surface area contributed by atoms with Crippen LogP contribution in [0.5, 0.6) is 0 Å². The molecule has 0 aliphatic heterocycles. The Bertz CT molecular complexity index is 1170. The first kappa shape index (κ1) is 66.5. The van der Waals surface area contributed by atoms with Crippen LogP contribution in [0.2, 0.25) is 0 Å². The summed E-state index contributed by atoms with van der Waals surface area (Å²) in [5, 5.41) is 0. The molecule has 3 N–H and O–H groups in total. The SMILES string of the molecule is CCCCCCC/C=C\CCCCCCCC(=O)OCC(COP(=O)(O)OCCN)OC(=O)CCCCCCCCCCCCCCCCCCCCCCC/C=C\CCCCCCCCCC. The van der Waals surface area contributed by atoms with Crippen molar-refractivity contribution in [3.8, 4) is 0 Å². The van der Waals surface area contributed by atoms with Gasteiger partial charge in [0.2, 0.25) is 0 Å². The van der Waals surface area contributed by atoms with Crippen LogP contribution in [0.3, 0.4) is 0 Å². The Morgan fingerprint density at radius 3 is 1.04 bits per heavy atom. The zero-order chi connectivity index (χ0) is 49.5. The largest absolute Gasteiger partial charge is 0.472 e. The molecule has 0 aliphatic carbocycles. The van der Waals surface area contributed by atoms with Gasteiger partial charge in [0.25, 0.3) is 0 Å². The summed E-state index contributed by atoms with van der Waals surface area (Å²) in [5.41, 5.74) is 5.37.